The number of halogens is 3. The van der Waals surface area contributed by atoms with E-state index < -0.39 is 23.0 Å². The van der Waals surface area contributed by atoms with Crippen molar-refractivity contribution in [2.75, 3.05) is 11.9 Å². The van der Waals surface area contributed by atoms with Gasteiger partial charge in [0.05, 0.1) is 17.0 Å². The second-order valence-electron chi connectivity index (χ2n) is 5.92. The van der Waals surface area contributed by atoms with Crippen LogP contribution in [0.2, 0.25) is 5.02 Å². The first-order valence-corrected chi connectivity index (χ1v) is 8.08. The molecule has 2 N–H and O–H groups in total. The molecule has 1 aliphatic rings. The maximum atomic E-state index is 13.9. The maximum absolute atomic E-state index is 13.9. The highest BCUT2D eigenvalue weighted by molar-refractivity contribution is 6.31. The third-order valence-corrected chi connectivity index (χ3v) is 4.48. The van der Waals surface area contributed by atoms with E-state index in [-0.39, 0.29) is 17.5 Å². The Morgan fingerprint density at radius 1 is 1.08 bits per heavy atom. The first-order chi connectivity index (χ1) is 11.9. The monoisotopic (exact) mass is 364 g/mol. The Balaban J connectivity index is 1.60. The summed E-state index contributed by atoms with van der Waals surface area (Å²) in [5.41, 5.74) is -0.232. The summed E-state index contributed by atoms with van der Waals surface area (Å²) in [6, 6.07) is 9.91. The quantitative estimate of drug-likeness (QED) is 0.854. The lowest BCUT2D eigenvalue weighted by Crippen LogP contribution is -2.39. The number of rotatable bonds is 5. The number of anilines is 1. The minimum absolute atomic E-state index is 0.113. The van der Waals surface area contributed by atoms with Crippen molar-refractivity contribution in [3.05, 3.63) is 64.7 Å². The fourth-order valence-corrected chi connectivity index (χ4v) is 2.88. The zero-order valence-corrected chi connectivity index (χ0v) is 13.9. The lowest BCUT2D eigenvalue weighted by Gasteiger charge is -2.16. The Hall–Kier alpha value is -2.47. The van der Waals surface area contributed by atoms with Gasteiger partial charge in [0.15, 0.2) is 0 Å². The number of hydrogen-bond donors (Lipinski definition) is 2. The second-order valence-corrected chi connectivity index (χ2v) is 6.33. The summed E-state index contributed by atoms with van der Waals surface area (Å²) in [4.78, 5) is 24.3. The van der Waals surface area contributed by atoms with E-state index in [0.29, 0.717) is 24.1 Å². The number of carbonyl (C=O) groups is 2. The van der Waals surface area contributed by atoms with Crippen molar-refractivity contribution < 1.29 is 18.4 Å². The van der Waals surface area contributed by atoms with E-state index in [4.69, 9.17) is 11.6 Å². The van der Waals surface area contributed by atoms with Crippen molar-refractivity contribution in [3.8, 4) is 0 Å². The lowest BCUT2D eigenvalue weighted by molar-refractivity contribution is -0.126. The van der Waals surface area contributed by atoms with Crippen LogP contribution >= 0.6 is 11.6 Å². The summed E-state index contributed by atoms with van der Waals surface area (Å²) in [5, 5.41) is 4.93. The third-order valence-electron chi connectivity index (χ3n) is 4.19. The van der Waals surface area contributed by atoms with Gasteiger partial charge in [-0.1, -0.05) is 29.8 Å². The van der Waals surface area contributed by atoms with Gasteiger partial charge < -0.3 is 10.6 Å². The van der Waals surface area contributed by atoms with Crippen LogP contribution in [-0.2, 0) is 15.0 Å². The predicted molar refractivity (Wildman–Crippen MR) is 90.4 cm³/mol. The molecule has 7 heteroatoms. The van der Waals surface area contributed by atoms with Crippen LogP contribution in [0.15, 0.2) is 42.5 Å². The number of carbonyl (C=O) groups excluding carboxylic acids is 2. The van der Waals surface area contributed by atoms with Crippen LogP contribution in [-0.4, -0.2) is 18.4 Å². The van der Waals surface area contributed by atoms with E-state index in [1.807, 2.05) is 0 Å². The molecule has 0 atom stereocenters. The molecule has 0 unspecified atom stereocenters. The zero-order valence-electron chi connectivity index (χ0n) is 13.1. The van der Waals surface area contributed by atoms with Gasteiger partial charge in [-0.25, -0.2) is 8.78 Å². The molecule has 2 aromatic carbocycles. The molecule has 1 aliphatic carbocycles. The zero-order chi connectivity index (χ0) is 18.0. The van der Waals surface area contributed by atoms with Crippen LogP contribution in [0.3, 0.4) is 0 Å². The van der Waals surface area contributed by atoms with Crippen LogP contribution in [0.4, 0.5) is 14.5 Å². The van der Waals surface area contributed by atoms with Crippen molar-refractivity contribution in [2.45, 2.75) is 18.3 Å². The molecule has 2 aromatic rings. The van der Waals surface area contributed by atoms with E-state index in [1.54, 1.807) is 18.2 Å². The lowest BCUT2D eigenvalue weighted by atomic mass is 9.94. The number of hydrogen-bond acceptors (Lipinski definition) is 2. The molecule has 0 saturated heterocycles. The highest BCUT2D eigenvalue weighted by Gasteiger charge is 2.52. The molecule has 130 valence electrons. The van der Waals surface area contributed by atoms with Crippen LogP contribution in [0, 0.1) is 11.6 Å². The fourth-order valence-electron chi connectivity index (χ4n) is 2.70. The van der Waals surface area contributed by atoms with E-state index in [1.165, 1.54) is 18.2 Å². The molecule has 25 heavy (non-hydrogen) atoms. The van der Waals surface area contributed by atoms with Gasteiger partial charge in [0.1, 0.15) is 11.6 Å². The SMILES string of the molecule is O=C(CNC(=O)C1(c2ccccc2F)CC1)Nc1ccc(F)c(Cl)c1. The van der Waals surface area contributed by atoms with Crippen LogP contribution < -0.4 is 10.6 Å². The summed E-state index contributed by atoms with van der Waals surface area (Å²) in [6.07, 6.45) is 1.07. The largest absolute Gasteiger partial charge is 0.346 e. The van der Waals surface area contributed by atoms with Gasteiger partial charge in [0.25, 0.3) is 0 Å². The Bertz CT molecular complexity index is 838. The van der Waals surface area contributed by atoms with E-state index in [0.717, 1.165) is 6.07 Å². The average molecular weight is 365 g/mol. The van der Waals surface area contributed by atoms with Gasteiger partial charge in [-0.05, 0) is 37.1 Å². The molecule has 0 aliphatic heterocycles. The minimum atomic E-state index is -0.898. The summed E-state index contributed by atoms with van der Waals surface area (Å²) < 4.78 is 27.0. The summed E-state index contributed by atoms with van der Waals surface area (Å²) in [5.74, 6) is -1.89. The van der Waals surface area contributed by atoms with Crippen molar-refractivity contribution in [2.24, 2.45) is 0 Å². The molecule has 1 fully saturated rings. The number of nitrogens with one attached hydrogen (secondary N) is 2. The van der Waals surface area contributed by atoms with Crippen LogP contribution in [0.1, 0.15) is 18.4 Å². The minimum Gasteiger partial charge on any atom is -0.346 e. The van der Waals surface area contributed by atoms with Crippen LogP contribution in [0.25, 0.3) is 0 Å². The van der Waals surface area contributed by atoms with Gasteiger partial charge in [0, 0.05) is 11.3 Å². The Morgan fingerprint density at radius 3 is 2.44 bits per heavy atom. The van der Waals surface area contributed by atoms with Crippen molar-refractivity contribution >= 4 is 29.1 Å². The molecule has 4 nitrogen and oxygen atoms in total. The standard InChI is InChI=1S/C18H15ClF2N2O2/c19-13-9-11(5-6-15(13)21)23-16(24)10-22-17(25)18(7-8-18)12-3-1-2-4-14(12)20/h1-6,9H,7-8,10H2,(H,22,25)(H,23,24). The molecule has 0 spiro atoms. The van der Waals surface area contributed by atoms with E-state index >= 15 is 0 Å². The molecule has 0 heterocycles. The highest BCUT2D eigenvalue weighted by atomic mass is 35.5. The summed E-state index contributed by atoms with van der Waals surface area (Å²) >= 11 is 5.64. The van der Waals surface area contributed by atoms with Crippen molar-refractivity contribution in [1.82, 2.24) is 5.32 Å². The first kappa shape index (κ1) is 17.4. The molecular formula is C18H15ClF2N2O2. The topological polar surface area (TPSA) is 58.2 Å². The second kappa shape index (κ2) is 6.80. The fraction of sp³-hybridized carbons (Fsp3) is 0.222. The smallest absolute Gasteiger partial charge is 0.243 e. The van der Waals surface area contributed by atoms with Gasteiger partial charge >= 0.3 is 0 Å². The molecule has 3 rings (SSSR count). The Labute approximate surface area is 148 Å². The maximum Gasteiger partial charge on any atom is 0.243 e. The van der Waals surface area contributed by atoms with Crippen molar-refractivity contribution in [3.63, 3.8) is 0 Å². The number of amides is 2. The molecule has 0 aromatic heterocycles. The normalized spacial score (nSPS) is 14.7. The molecular weight excluding hydrogens is 350 g/mol. The van der Waals surface area contributed by atoms with E-state index in [9.17, 15) is 18.4 Å². The molecule has 0 radical (unpaired) electrons. The highest BCUT2D eigenvalue weighted by Crippen LogP contribution is 2.49. The van der Waals surface area contributed by atoms with E-state index in [2.05, 4.69) is 10.6 Å². The summed E-state index contributed by atoms with van der Waals surface area (Å²) in [6.45, 7) is -0.274. The molecule has 2 amide bonds. The van der Waals surface area contributed by atoms with Gasteiger partial charge in [-0.2, -0.15) is 0 Å². The third kappa shape index (κ3) is 3.64. The van der Waals surface area contributed by atoms with Gasteiger partial charge in [-0.15, -0.1) is 0 Å². The Morgan fingerprint density at radius 2 is 1.80 bits per heavy atom. The van der Waals surface area contributed by atoms with Gasteiger partial charge in [0.2, 0.25) is 11.8 Å². The predicted octanol–water partition coefficient (Wildman–Crippen LogP) is 3.40. The molecule has 0 bridgehead atoms. The van der Waals surface area contributed by atoms with Gasteiger partial charge in [-0.3, -0.25) is 9.59 Å². The number of benzene rings is 2. The Kier molecular flexibility index (Phi) is 4.72. The average Bonchev–Trinajstić information content (AvgIpc) is 3.38. The first-order valence-electron chi connectivity index (χ1n) is 7.70. The van der Waals surface area contributed by atoms with Crippen molar-refractivity contribution in [1.29, 1.82) is 0 Å². The summed E-state index contributed by atoms with van der Waals surface area (Å²) in [7, 11) is 0. The molecule has 1 saturated carbocycles. The van der Waals surface area contributed by atoms with Crippen LogP contribution in [0.5, 0.6) is 0 Å².